The van der Waals surface area contributed by atoms with Crippen molar-refractivity contribution in [3.05, 3.63) is 71.8 Å². The van der Waals surface area contributed by atoms with E-state index in [1.54, 1.807) is 26.0 Å². The van der Waals surface area contributed by atoms with Crippen LogP contribution >= 0.6 is 0 Å². The van der Waals surface area contributed by atoms with Gasteiger partial charge in [0.05, 0.1) is 12.6 Å². The average molecular weight is 611 g/mol. The van der Waals surface area contributed by atoms with E-state index in [0.29, 0.717) is 11.4 Å². The predicted molar refractivity (Wildman–Crippen MR) is 156 cm³/mol. The molecule has 2 aromatic carbocycles. The van der Waals surface area contributed by atoms with Crippen LogP contribution in [0.2, 0.25) is 0 Å². The Kier molecular flexibility index (Phi) is 11.7. The molecule has 0 saturated carbocycles. The van der Waals surface area contributed by atoms with Crippen LogP contribution in [0.4, 0.5) is 4.79 Å². The number of esters is 1. The first-order valence-corrected chi connectivity index (χ1v) is 14.2. The first kappa shape index (κ1) is 33.9. The summed E-state index contributed by atoms with van der Waals surface area (Å²) in [5, 5.41) is 10.4. The Balaban J connectivity index is 1.69. The largest absolute Gasteiger partial charge is 0.463 e. The number of hydrogen-bond donors (Lipinski definition) is 2. The number of amides is 5. The lowest BCUT2D eigenvalue weighted by molar-refractivity contribution is -0.165. The fourth-order valence-corrected chi connectivity index (χ4v) is 4.44. The van der Waals surface area contributed by atoms with Gasteiger partial charge in [0.2, 0.25) is 11.8 Å². The molecule has 0 aliphatic carbocycles. The van der Waals surface area contributed by atoms with Crippen LogP contribution in [-0.2, 0) is 46.3 Å². The van der Waals surface area contributed by atoms with Gasteiger partial charge in [0.25, 0.3) is 11.8 Å². The molecule has 1 aliphatic heterocycles. The Bertz CT molecular complexity index is 1350. The van der Waals surface area contributed by atoms with Gasteiger partial charge in [-0.15, -0.1) is 5.01 Å². The van der Waals surface area contributed by atoms with Gasteiger partial charge in [-0.25, -0.2) is 14.6 Å². The molecule has 0 bridgehead atoms. The molecule has 0 spiro atoms. The van der Waals surface area contributed by atoms with Crippen LogP contribution in [0, 0.1) is 5.92 Å². The van der Waals surface area contributed by atoms with Crippen LogP contribution in [0.25, 0.3) is 0 Å². The molecule has 3 rings (SSSR count). The average Bonchev–Trinajstić information content (AvgIpc) is 3.81. The fourth-order valence-electron chi connectivity index (χ4n) is 4.44. The molecule has 0 radical (unpaired) electrons. The van der Waals surface area contributed by atoms with E-state index in [-0.39, 0.29) is 30.4 Å². The highest BCUT2D eigenvalue weighted by atomic mass is 16.6. The van der Waals surface area contributed by atoms with Gasteiger partial charge in [-0.3, -0.25) is 24.1 Å². The third-order valence-electron chi connectivity index (χ3n) is 7.18. The van der Waals surface area contributed by atoms with E-state index in [1.165, 1.54) is 6.92 Å². The number of rotatable bonds is 12. The normalized spacial score (nSPS) is 16.8. The predicted octanol–water partition coefficient (Wildman–Crippen LogP) is 1.78. The molecule has 236 valence electrons. The highest BCUT2D eigenvalue weighted by molar-refractivity contribution is 6.04. The molecule has 44 heavy (non-hydrogen) atoms. The maximum Gasteiger partial charge on any atom is 0.433 e. The lowest BCUT2D eigenvalue weighted by Crippen LogP contribution is -2.60. The topological polar surface area (TPSA) is 180 Å². The molecule has 0 aromatic heterocycles. The van der Waals surface area contributed by atoms with E-state index in [2.05, 4.69) is 0 Å². The number of benzene rings is 2. The number of hydrogen-bond acceptors (Lipinski definition) is 9. The van der Waals surface area contributed by atoms with E-state index < -0.39 is 60.0 Å². The van der Waals surface area contributed by atoms with E-state index in [4.69, 9.17) is 15.2 Å². The number of hydrazine groups is 1. The summed E-state index contributed by atoms with van der Waals surface area (Å²) in [4.78, 5) is 78.4. The molecule has 1 fully saturated rings. The van der Waals surface area contributed by atoms with E-state index in [0.717, 1.165) is 23.1 Å². The first-order valence-electron chi connectivity index (χ1n) is 14.2. The van der Waals surface area contributed by atoms with Crippen LogP contribution < -0.4 is 5.73 Å². The summed E-state index contributed by atoms with van der Waals surface area (Å²) in [5.74, 6) is -5.00. The molecular weight excluding hydrogens is 572 g/mol. The summed E-state index contributed by atoms with van der Waals surface area (Å²) in [7, 11) is 1.000. The Morgan fingerprint density at radius 1 is 0.864 bits per heavy atom. The summed E-state index contributed by atoms with van der Waals surface area (Å²) in [6.07, 6.45) is -4.11. The Hall–Kier alpha value is -4.62. The minimum absolute atomic E-state index is 0.0167. The van der Waals surface area contributed by atoms with Gasteiger partial charge in [0.15, 0.2) is 12.2 Å². The second-order valence-electron chi connectivity index (χ2n) is 10.7. The van der Waals surface area contributed by atoms with Gasteiger partial charge >= 0.3 is 12.1 Å². The minimum atomic E-state index is -1.84. The van der Waals surface area contributed by atoms with Gasteiger partial charge in [0, 0.05) is 19.9 Å². The molecule has 13 heteroatoms. The minimum Gasteiger partial charge on any atom is -0.463 e. The van der Waals surface area contributed by atoms with Crippen LogP contribution in [-0.4, -0.2) is 93.7 Å². The zero-order valence-corrected chi connectivity index (χ0v) is 25.1. The first-order chi connectivity index (χ1) is 20.8. The van der Waals surface area contributed by atoms with E-state index in [9.17, 15) is 33.9 Å². The number of epoxide rings is 1. The van der Waals surface area contributed by atoms with Crippen molar-refractivity contribution < 1.29 is 43.3 Å². The van der Waals surface area contributed by atoms with Gasteiger partial charge < -0.3 is 20.3 Å². The number of carboxylic acid groups (broad SMARTS) is 1. The standard InChI is InChI=1S/C31H38N4O9/c1-19(2)24(32)28(38)34(23(36)16-15-21-11-7-5-8-12-21)20(3)27(37)33(4)35(31(41)42)29(39)25-26(44-25)30(40)43-18-17-22-13-9-6-10-14-22/h5-14,19-20,24-26H,15-18,32H2,1-4H3,(H,41,42)/t20-,24-,25-,26-/m0/s1. The second-order valence-corrected chi connectivity index (χ2v) is 10.7. The van der Waals surface area contributed by atoms with Crippen molar-refractivity contribution in [1.82, 2.24) is 14.9 Å². The van der Waals surface area contributed by atoms with Crippen LogP contribution in [0.1, 0.15) is 38.3 Å². The Morgan fingerprint density at radius 2 is 1.41 bits per heavy atom. The third kappa shape index (κ3) is 8.48. The maximum atomic E-state index is 13.5. The smallest absolute Gasteiger partial charge is 0.433 e. The zero-order chi connectivity index (χ0) is 32.6. The number of ether oxygens (including phenoxy) is 2. The second kappa shape index (κ2) is 15.2. The number of imide groups is 2. The molecule has 13 nitrogen and oxygen atoms in total. The number of carbonyl (C=O) groups is 6. The van der Waals surface area contributed by atoms with Crippen molar-refractivity contribution in [2.24, 2.45) is 11.7 Å². The molecule has 1 heterocycles. The van der Waals surface area contributed by atoms with Crippen molar-refractivity contribution in [1.29, 1.82) is 0 Å². The van der Waals surface area contributed by atoms with Crippen molar-refractivity contribution in [3.8, 4) is 0 Å². The lowest BCUT2D eigenvalue weighted by atomic mass is 10.0. The number of aryl methyl sites for hydroxylation is 1. The van der Waals surface area contributed by atoms with Crippen LogP contribution in [0.5, 0.6) is 0 Å². The number of nitrogens with two attached hydrogens (primary N) is 1. The summed E-state index contributed by atoms with van der Waals surface area (Å²) in [6, 6.07) is 15.6. The third-order valence-corrected chi connectivity index (χ3v) is 7.18. The Labute approximate surface area is 255 Å². The van der Waals surface area contributed by atoms with Crippen molar-refractivity contribution in [3.63, 3.8) is 0 Å². The maximum absolute atomic E-state index is 13.5. The van der Waals surface area contributed by atoms with E-state index in [1.807, 2.05) is 48.5 Å². The van der Waals surface area contributed by atoms with Gasteiger partial charge in [-0.1, -0.05) is 74.5 Å². The summed E-state index contributed by atoms with van der Waals surface area (Å²) in [5.41, 5.74) is 7.81. The van der Waals surface area contributed by atoms with Gasteiger partial charge in [-0.05, 0) is 30.4 Å². The zero-order valence-electron chi connectivity index (χ0n) is 25.1. The summed E-state index contributed by atoms with van der Waals surface area (Å²) < 4.78 is 10.3. The highest BCUT2D eigenvalue weighted by Crippen LogP contribution is 2.27. The summed E-state index contributed by atoms with van der Waals surface area (Å²) in [6.45, 7) is 4.62. The van der Waals surface area contributed by atoms with Crippen molar-refractivity contribution in [2.45, 2.75) is 64.3 Å². The molecule has 5 amide bonds. The van der Waals surface area contributed by atoms with Crippen LogP contribution in [0.3, 0.4) is 0 Å². The van der Waals surface area contributed by atoms with Gasteiger partial charge in [-0.2, -0.15) is 0 Å². The van der Waals surface area contributed by atoms with Crippen molar-refractivity contribution in [2.75, 3.05) is 13.7 Å². The van der Waals surface area contributed by atoms with E-state index >= 15 is 0 Å². The number of likely N-dealkylation sites (N-methyl/N-ethyl adjacent to an activating group) is 1. The number of carbonyl (C=O) groups excluding carboxylic acids is 5. The van der Waals surface area contributed by atoms with Gasteiger partial charge in [0.1, 0.15) is 6.04 Å². The molecule has 0 unspecified atom stereocenters. The van der Waals surface area contributed by atoms with Crippen LogP contribution in [0.15, 0.2) is 60.7 Å². The monoisotopic (exact) mass is 610 g/mol. The quantitative estimate of drug-likeness (QED) is 0.204. The summed E-state index contributed by atoms with van der Waals surface area (Å²) >= 11 is 0. The SMILES string of the molecule is CC(C)[C@H](N)C(=O)N(C(=O)CCc1ccccc1)[C@@H](C)C(=O)N(C)N(C(=O)O)C(=O)[C@H]1O[C@@H]1C(=O)OCCc1ccccc1. The fraction of sp³-hybridized carbons (Fsp3) is 0.419. The Morgan fingerprint density at radius 3 is 1.93 bits per heavy atom. The molecule has 1 saturated heterocycles. The molecule has 3 N–H and O–H groups in total. The molecule has 1 aliphatic rings. The van der Waals surface area contributed by atoms with Crippen molar-refractivity contribution >= 4 is 35.7 Å². The molecular formula is C31H38N4O9. The lowest BCUT2D eigenvalue weighted by Gasteiger charge is -2.34. The molecule has 2 aromatic rings. The highest BCUT2D eigenvalue weighted by Gasteiger charge is 2.55. The molecule has 4 atom stereocenters. The number of nitrogens with zero attached hydrogens (tertiary/aromatic N) is 3.